The summed E-state index contributed by atoms with van der Waals surface area (Å²) in [6, 6.07) is 7.46. The van der Waals surface area contributed by atoms with E-state index < -0.39 is 0 Å². The van der Waals surface area contributed by atoms with Gasteiger partial charge in [-0.1, -0.05) is 12.1 Å². The van der Waals surface area contributed by atoms with E-state index in [2.05, 4.69) is 61.8 Å². The molecule has 2 fully saturated rings. The molecule has 1 aliphatic carbocycles. The highest BCUT2D eigenvalue weighted by atomic mass is 16.5. The number of aryl methyl sites for hydroxylation is 1. The Kier molecular flexibility index (Phi) is 6.33. The number of hydrogen-bond donors (Lipinski definition) is 1. The topological polar surface area (TPSA) is 79.4 Å². The first kappa shape index (κ1) is 22.7. The van der Waals surface area contributed by atoms with Crippen LogP contribution in [0.25, 0.3) is 11.2 Å². The number of imidazole rings is 1. The predicted molar refractivity (Wildman–Crippen MR) is 136 cm³/mol. The molecule has 2 unspecified atom stereocenters. The summed E-state index contributed by atoms with van der Waals surface area (Å²) in [5.41, 5.74) is 4.48. The fourth-order valence-electron chi connectivity index (χ4n) is 6.21. The summed E-state index contributed by atoms with van der Waals surface area (Å²) in [7, 11) is 0. The minimum absolute atomic E-state index is 0.291. The van der Waals surface area contributed by atoms with Crippen molar-refractivity contribution in [3.63, 3.8) is 0 Å². The van der Waals surface area contributed by atoms with E-state index in [4.69, 9.17) is 9.47 Å². The zero-order valence-electron chi connectivity index (χ0n) is 20.8. The van der Waals surface area contributed by atoms with Crippen LogP contribution in [-0.2, 0) is 17.6 Å². The average Bonchev–Trinajstić information content (AvgIpc) is 3.62. The molecule has 4 heterocycles. The zero-order chi connectivity index (χ0) is 23.8. The first-order valence-corrected chi connectivity index (χ1v) is 13.2. The summed E-state index contributed by atoms with van der Waals surface area (Å²) in [5.74, 6) is 1.99. The minimum Gasteiger partial charge on any atom is -0.491 e. The third-order valence-corrected chi connectivity index (χ3v) is 7.86. The molecule has 3 aromatic rings. The fraction of sp³-hybridized carbons (Fsp3) is 0.593. The van der Waals surface area contributed by atoms with E-state index >= 15 is 0 Å². The molecule has 1 aromatic carbocycles. The molecule has 8 nitrogen and oxygen atoms in total. The van der Waals surface area contributed by atoms with Crippen molar-refractivity contribution in [2.75, 3.05) is 31.1 Å². The molecule has 8 heteroatoms. The highest BCUT2D eigenvalue weighted by Gasteiger charge is 2.33. The SMILES string of the molecule is CC(C)OC1CCN(C2CCc3cccc(OC[C@H]4CCCN4c4ncnc5nc[nH]c45)c3C2)C1. The van der Waals surface area contributed by atoms with Crippen LogP contribution in [0.2, 0.25) is 0 Å². The normalized spacial score (nSPS) is 25.0. The summed E-state index contributed by atoms with van der Waals surface area (Å²) in [6.07, 6.45) is 10.8. The van der Waals surface area contributed by atoms with E-state index in [1.807, 2.05) is 0 Å². The molecular formula is C27H36N6O2. The number of benzene rings is 1. The average molecular weight is 477 g/mol. The summed E-state index contributed by atoms with van der Waals surface area (Å²) >= 11 is 0. The Morgan fingerprint density at radius 1 is 1.11 bits per heavy atom. The van der Waals surface area contributed by atoms with Crippen molar-refractivity contribution in [3.05, 3.63) is 42.0 Å². The van der Waals surface area contributed by atoms with Crippen molar-refractivity contribution in [2.45, 2.75) is 76.7 Å². The van der Waals surface area contributed by atoms with Crippen LogP contribution in [0.4, 0.5) is 5.82 Å². The number of ether oxygens (including phenoxy) is 2. The second-order valence-corrected chi connectivity index (χ2v) is 10.5. The van der Waals surface area contributed by atoms with E-state index in [9.17, 15) is 0 Å². The van der Waals surface area contributed by atoms with Gasteiger partial charge in [0.2, 0.25) is 0 Å². The van der Waals surface area contributed by atoms with E-state index in [0.717, 1.165) is 68.8 Å². The Bertz CT molecular complexity index is 1160. The molecule has 0 bridgehead atoms. The van der Waals surface area contributed by atoms with E-state index in [0.29, 0.717) is 36.5 Å². The van der Waals surface area contributed by atoms with Crippen molar-refractivity contribution < 1.29 is 9.47 Å². The molecule has 2 saturated heterocycles. The lowest BCUT2D eigenvalue weighted by Crippen LogP contribution is -2.39. The molecule has 1 N–H and O–H groups in total. The maximum Gasteiger partial charge on any atom is 0.182 e. The number of anilines is 1. The van der Waals surface area contributed by atoms with Gasteiger partial charge < -0.3 is 19.4 Å². The summed E-state index contributed by atoms with van der Waals surface area (Å²) in [4.78, 5) is 21.4. The maximum atomic E-state index is 6.56. The Balaban J connectivity index is 1.14. The number of aromatic amines is 1. The quantitative estimate of drug-likeness (QED) is 0.556. The lowest BCUT2D eigenvalue weighted by atomic mass is 9.87. The molecule has 35 heavy (non-hydrogen) atoms. The number of H-pyrrole nitrogens is 1. The fourth-order valence-corrected chi connectivity index (χ4v) is 6.21. The smallest absolute Gasteiger partial charge is 0.182 e. The van der Waals surface area contributed by atoms with E-state index in [1.54, 1.807) is 12.7 Å². The van der Waals surface area contributed by atoms with Gasteiger partial charge in [0, 0.05) is 25.7 Å². The molecule has 3 aliphatic rings. The molecule has 6 rings (SSSR count). The maximum absolute atomic E-state index is 6.56. The lowest BCUT2D eigenvalue weighted by Gasteiger charge is -2.33. The van der Waals surface area contributed by atoms with Gasteiger partial charge in [0.25, 0.3) is 0 Å². The number of nitrogens with zero attached hydrogens (tertiary/aromatic N) is 5. The Morgan fingerprint density at radius 2 is 2.06 bits per heavy atom. The van der Waals surface area contributed by atoms with Gasteiger partial charge in [0.15, 0.2) is 11.5 Å². The van der Waals surface area contributed by atoms with E-state index in [1.165, 1.54) is 17.5 Å². The number of nitrogens with one attached hydrogen (secondary N) is 1. The molecule has 3 atom stereocenters. The first-order valence-electron chi connectivity index (χ1n) is 13.2. The van der Waals surface area contributed by atoms with Gasteiger partial charge in [-0.05, 0) is 69.6 Å². The second-order valence-electron chi connectivity index (χ2n) is 10.5. The number of hydrogen-bond acceptors (Lipinski definition) is 7. The van der Waals surface area contributed by atoms with Crippen molar-refractivity contribution in [3.8, 4) is 5.75 Å². The Labute approximate surface area is 207 Å². The molecule has 2 aliphatic heterocycles. The highest BCUT2D eigenvalue weighted by molar-refractivity contribution is 5.83. The molecule has 0 radical (unpaired) electrons. The molecule has 0 spiro atoms. The van der Waals surface area contributed by atoms with Crippen LogP contribution in [0.15, 0.2) is 30.9 Å². The molecule has 0 amide bonds. The first-order chi connectivity index (χ1) is 17.2. The number of rotatable bonds is 7. The molecular weight excluding hydrogens is 440 g/mol. The number of aromatic nitrogens is 4. The monoisotopic (exact) mass is 476 g/mol. The van der Waals surface area contributed by atoms with Crippen molar-refractivity contribution in [1.29, 1.82) is 0 Å². The molecule has 2 aromatic heterocycles. The third kappa shape index (κ3) is 4.61. The van der Waals surface area contributed by atoms with E-state index in [-0.39, 0.29) is 0 Å². The van der Waals surface area contributed by atoms with Crippen LogP contribution in [0.1, 0.15) is 50.7 Å². The van der Waals surface area contributed by atoms with Gasteiger partial charge in [-0.3, -0.25) is 4.90 Å². The van der Waals surface area contributed by atoms with Crippen LogP contribution in [0.5, 0.6) is 5.75 Å². The largest absolute Gasteiger partial charge is 0.491 e. The van der Waals surface area contributed by atoms with Gasteiger partial charge in [0.1, 0.15) is 24.2 Å². The van der Waals surface area contributed by atoms with Crippen LogP contribution in [-0.4, -0.2) is 75.4 Å². The van der Waals surface area contributed by atoms with Crippen LogP contribution >= 0.6 is 0 Å². The van der Waals surface area contributed by atoms with Gasteiger partial charge in [-0.25, -0.2) is 15.0 Å². The Morgan fingerprint density at radius 3 is 2.97 bits per heavy atom. The number of fused-ring (bicyclic) bond motifs is 2. The molecule has 186 valence electrons. The standard InChI is InChI=1S/C27H36N6O2/c1-18(2)35-22-10-12-32(14-22)20-9-8-19-5-3-7-24(23(19)13-20)34-15-21-6-4-11-33(21)27-25-26(29-16-28-25)30-17-31-27/h3,5,7,16-18,20-22H,4,6,8-15H2,1-2H3,(H,28,29,30,31)/t20?,21-,22?/m1/s1. The minimum atomic E-state index is 0.291. The van der Waals surface area contributed by atoms with Gasteiger partial charge >= 0.3 is 0 Å². The van der Waals surface area contributed by atoms with Gasteiger partial charge in [-0.15, -0.1) is 0 Å². The van der Waals surface area contributed by atoms with Crippen molar-refractivity contribution in [2.24, 2.45) is 0 Å². The number of likely N-dealkylation sites (tertiary alicyclic amines) is 1. The summed E-state index contributed by atoms with van der Waals surface area (Å²) in [5, 5.41) is 0. The lowest BCUT2D eigenvalue weighted by molar-refractivity contribution is 0.0111. The Hall–Kier alpha value is -2.71. The van der Waals surface area contributed by atoms with Crippen molar-refractivity contribution in [1.82, 2.24) is 24.8 Å². The second kappa shape index (κ2) is 9.74. The summed E-state index contributed by atoms with van der Waals surface area (Å²) < 4.78 is 12.7. The predicted octanol–water partition coefficient (Wildman–Crippen LogP) is 3.76. The zero-order valence-corrected chi connectivity index (χ0v) is 20.8. The van der Waals surface area contributed by atoms with Crippen LogP contribution < -0.4 is 9.64 Å². The third-order valence-electron chi connectivity index (χ3n) is 7.86. The van der Waals surface area contributed by atoms with Gasteiger partial charge in [-0.2, -0.15) is 0 Å². The molecule has 0 saturated carbocycles. The van der Waals surface area contributed by atoms with Gasteiger partial charge in [0.05, 0.1) is 24.6 Å². The van der Waals surface area contributed by atoms with Crippen LogP contribution in [0.3, 0.4) is 0 Å². The van der Waals surface area contributed by atoms with Crippen LogP contribution in [0, 0.1) is 0 Å². The summed E-state index contributed by atoms with van der Waals surface area (Å²) in [6.45, 7) is 8.10. The van der Waals surface area contributed by atoms with Crippen molar-refractivity contribution >= 4 is 17.0 Å². The highest BCUT2D eigenvalue weighted by Crippen LogP contribution is 2.34.